The van der Waals surface area contributed by atoms with Crippen LogP contribution >= 0.6 is 38.5 Å². The van der Waals surface area contributed by atoms with Crippen molar-refractivity contribution in [1.82, 2.24) is 0 Å². The first kappa shape index (κ1) is 22.1. The highest BCUT2D eigenvalue weighted by molar-refractivity contribution is 14.1. The van der Waals surface area contributed by atoms with Crippen molar-refractivity contribution in [3.63, 3.8) is 0 Å². The van der Waals surface area contributed by atoms with Gasteiger partial charge in [0.2, 0.25) is 0 Å². The monoisotopic (exact) mass is 532 g/mol. The fourth-order valence-corrected chi connectivity index (χ4v) is 6.67. The van der Waals surface area contributed by atoms with Crippen LogP contribution in [0.25, 0.3) is 0 Å². The van der Waals surface area contributed by atoms with Gasteiger partial charge in [0.05, 0.1) is 16.1 Å². The zero-order chi connectivity index (χ0) is 18.1. The Bertz CT molecular complexity index is 517. The maximum absolute atomic E-state index is 3.59. The van der Waals surface area contributed by atoms with Crippen molar-refractivity contribution in [2.24, 2.45) is 0 Å². The fourth-order valence-electron chi connectivity index (χ4n) is 2.39. The van der Waals surface area contributed by atoms with E-state index in [0.717, 1.165) is 0 Å². The number of alkyl halides is 2. The van der Waals surface area contributed by atoms with Crippen molar-refractivity contribution in [2.75, 3.05) is 9.00 Å². The number of benzene rings is 2. The Morgan fingerprint density at radius 1 is 0.708 bits per heavy atom. The number of hydrogen-bond donors (Lipinski definition) is 0. The lowest BCUT2D eigenvalue weighted by molar-refractivity contribution is 1.31. The van der Waals surface area contributed by atoms with Crippen molar-refractivity contribution in [1.29, 1.82) is 0 Å². The molecule has 2 aromatic carbocycles. The Morgan fingerprint density at radius 3 is 1.42 bits per heavy atom. The Kier molecular flexibility index (Phi) is 10.1. The summed E-state index contributed by atoms with van der Waals surface area (Å²) < 4.78 is 1.35. The van der Waals surface area contributed by atoms with E-state index >= 15 is 0 Å². The van der Waals surface area contributed by atoms with Crippen molar-refractivity contribution >= 4 is 54.7 Å². The van der Waals surface area contributed by atoms with Gasteiger partial charge in [-0.1, -0.05) is 136 Å². The molecule has 2 aromatic rings. The predicted octanol–water partition coefficient (Wildman–Crippen LogP) is 6.86. The standard InChI is InChI=1S/C10H15BrSi.C10H15ISi/c2*1-12(2,9-11)8-10-6-4-3-5-7-10/h2*3-7H,8-9H2,1-2H3. The van der Waals surface area contributed by atoms with E-state index in [1.165, 1.54) is 32.2 Å². The second-order valence-corrected chi connectivity index (χ2v) is 21.8. The Balaban J connectivity index is 0.000000240. The predicted molar refractivity (Wildman–Crippen MR) is 128 cm³/mol. The van der Waals surface area contributed by atoms with Crippen LogP contribution in [-0.4, -0.2) is 25.2 Å². The van der Waals surface area contributed by atoms with E-state index in [2.05, 4.69) is 125 Å². The highest BCUT2D eigenvalue weighted by Crippen LogP contribution is 2.14. The molecule has 0 amide bonds. The molecule has 0 bridgehead atoms. The Hall–Kier alpha value is 0.0838. The van der Waals surface area contributed by atoms with E-state index in [0.29, 0.717) is 0 Å². The highest BCUT2D eigenvalue weighted by Gasteiger charge is 2.19. The summed E-state index contributed by atoms with van der Waals surface area (Å²) in [5, 5.41) is 0. The molecule has 24 heavy (non-hydrogen) atoms. The molecule has 2 rings (SSSR count). The minimum absolute atomic E-state index is 0.931. The molecular formula is C20H30BrISi2. The third kappa shape index (κ3) is 9.54. The first-order valence-corrected chi connectivity index (χ1v) is 18.0. The summed E-state index contributed by atoms with van der Waals surface area (Å²) >= 11 is 6.11. The molecule has 0 aromatic heterocycles. The number of halogens is 2. The molecule has 0 radical (unpaired) electrons. The van der Waals surface area contributed by atoms with Gasteiger partial charge in [0.1, 0.15) is 0 Å². The van der Waals surface area contributed by atoms with Crippen molar-refractivity contribution < 1.29 is 0 Å². The number of hydrogen-bond acceptors (Lipinski definition) is 0. The van der Waals surface area contributed by atoms with Crippen LogP contribution in [0, 0.1) is 0 Å². The molecule has 0 N–H and O–H groups in total. The van der Waals surface area contributed by atoms with Crippen LogP contribution in [0.1, 0.15) is 11.1 Å². The second kappa shape index (κ2) is 10.9. The molecule has 0 aliphatic carbocycles. The van der Waals surface area contributed by atoms with Crippen LogP contribution in [-0.2, 0) is 12.1 Å². The summed E-state index contributed by atoms with van der Waals surface area (Å²) in [5.74, 6) is 0. The van der Waals surface area contributed by atoms with Crippen LogP contribution in [0.3, 0.4) is 0 Å². The SMILES string of the molecule is C[Si](C)(CBr)Cc1ccccc1.C[Si](C)(CI)Cc1ccccc1. The minimum Gasteiger partial charge on any atom is -0.0961 e. The average molecular weight is 533 g/mol. The van der Waals surface area contributed by atoms with Crippen LogP contribution in [0.4, 0.5) is 0 Å². The van der Waals surface area contributed by atoms with Gasteiger partial charge in [-0.25, -0.2) is 0 Å². The van der Waals surface area contributed by atoms with Crippen LogP contribution in [0.15, 0.2) is 60.7 Å². The third-order valence-corrected chi connectivity index (χ3v) is 18.7. The quantitative estimate of drug-likeness (QED) is 0.216. The van der Waals surface area contributed by atoms with Crippen LogP contribution in [0.5, 0.6) is 0 Å². The van der Waals surface area contributed by atoms with Gasteiger partial charge in [0, 0.05) is 0 Å². The van der Waals surface area contributed by atoms with Gasteiger partial charge >= 0.3 is 0 Å². The van der Waals surface area contributed by atoms with Gasteiger partial charge in [0.15, 0.2) is 0 Å². The third-order valence-electron chi connectivity index (χ3n) is 3.77. The molecular weight excluding hydrogens is 503 g/mol. The van der Waals surface area contributed by atoms with Crippen molar-refractivity contribution in [3.8, 4) is 0 Å². The van der Waals surface area contributed by atoms with E-state index in [1.807, 2.05) is 0 Å². The molecule has 0 atom stereocenters. The Labute approximate surface area is 172 Å². The van der Waals surface area contributed by atoms with Gasteiger partial charge in [-0.05, 0) is 21.1 Å². The average Bonchev–Trinajstić information content (AvgIpc) is 2.57. The van der Waals surface area contributed by atoms with E-state index < -0.39 is 16.1 Å². The van der Waals surface area contributed by atoms with E-state index in [9.17, 15) is 0 Å². The van der Waals surface area contributed by atoms with Crippen LogP contribution in [0.2, 0.25) is 26.2 Å². The molecule has 0 heterocycles. The summed E-state index contributed by atoms with van der Waals surface area (Å²) in [5.41, 5.74) is 2.99. The number of rotatable bonds is 6. The van der Waals surface area contributed by atoms with Crippen molar-refractivity contribution in [3.05, 3.63) is 71.8 Å². The normalized spacial score (nSPS) is 11.6. The minimum atomic E-state index is -1.00. The first-order valence-electron chi connectivity index (χ1n) is 8.48. The molecule has 4 heteroatoms. The summed E-state index contributed by atoms with van der Waals surface area (Å²) in [6.45, 7) is 9.72. The molecule has 0 saturated heterocycles. The lowest BCUT2D eigenvalue weighted by Gasteiger charge is -2.18. The smallest absolute Gasteiger partial charge is 0.0630 e. The van der Waals surface area contributed by atoms with Gasteiger partial charge < -0.3 is 0 Å². The summed E-state index contributed by atoms with van der Waals surface area (Å²) in [7, 11) is -1.93. The molecule has 0 unspecified atom stereocenters. The topological polar surface area (TPSA) is 0 Å². The highest BCUT2D eigenvalue weighted by atomic mass is 127. The van der Waals surface area contributed by atoms with Crippen LogP contribution < -0.4 is 0 Å². The largest absolute Gasteiger partial charge is 0.0961 e. The van der Waals surface area contributed by atoms with E-state index in [-0.39, 0.29) is 0 Å². The summed E-state index contributed by atoms with van der Waals surface area (Å²) in [6, 6.07) is 24.2. The van der Waals surface area contributed by atoms with E-state index in [4.69, 9.17) is 0 Å². The van der Waals surface area contributed by atoms with E-state index in [1.54, 1.807) is 0 Å². The van der Waals surface area contributed by atoms with Crippen molar-refractivity contribution in [2.45, 2.75) is 38.3 Å². The Morgan fingerprint density at radius 2 is 1.08 bits per heavy atom. The molecule has 0 aliphatic rings. The first-order chi connectivity index (χ1) is 11.3. The maximum Gasteiger partial charge on any atom is 0.0630 e. The van der Waals surface area contributed by atoms with Gasteiger partial charge in [-0.3, -0.25) is 0 Å². The van der Waals surface area contributed by atoms with Gasteiger partial charge in [-0.2, -0.15) is 0 Å². The zero-order valence-corrected chi connectivity index (χ0v) is 21.1. The summed E-state index contributed by atoms with van der Waals surface area (Å²) in [6.07, 6.45) is 0. The second-order valence-electron chi connectivity index (χ2n) is 7.92. The zero-order valence-electron chi connectivity index (χ0n) is 15.4. The summed E-state index contributed by atoms with van der Waals surface area (Å²) in [4.78, 5) is 1.19. The lowest BCUT2D eigenvalue weighted by atomic mass is 10.2. The molecule has 0 fully saturated rings. The van der Waals surface area contributed by atoms with Gasteiger partial charge in [0.25, 0.3) is 0 Å². The molecule has 132 valence electrons. The van der Waals surface area contributed by atoms with Gasteiger partial charge in [-0.15, -0.1) is 0 Å². The molecule has 0 saturated carbocycles. The molecule has 0 nitrogen and oxygen atoms in total. The lowest BCUT2D eigenvalue weighted by Crippen LogP contribution is -2.31. The molecule has 0 spiro atoms. The molecule has 0 aliphatic heterocycles. The maximum atomic E-state index is 3.59. The fraction of sp³-hybridized carbons (Fsp3) is 0.400.